The molecule has 0 heterocycles. The number of hydrogen-bond acceptors (Lipinski definition) is 1. The van der Waals surface area contributed by atoms with Gasteiger partial charge in [0.2, 0.25) is 0 Å². The molecule has 0 saturated carbocycles. The first kappa shape index (κ1) is 11.2. The molecular formula is C14H18FN. The van der Waals surface area contributed by atoms with E-state index >= 15 is 0 Å². The number of halogens is 1. The average molecular weight is 219 g/mol. The molecule has 1 nitrogen and oxygen atoms in total. The first-order valence-corrected chi connectivity index (χ1v) is 5.91. The molecule has 0 radical (unpaired) electrons. The van der Waals surface area contributed by atoms with E-state index in [1.165, 1.54) is 12.5 Å². The predicted octanol–water partition coefficient (Wildman–Crippen LogP) is 3.90. The highest BCUT2D eigenvalue weighted by atomic mass is 19.1. The Hall–Kier alpha value is -1.31. The highest BCUT2D eigenvalue weighted by Crippen LogP contribution is 2.22. The lowest BCUT2D eigenvalue weighted by molar-refractivity contribution is 0.502. The molecule has 0 aliphatic heterocycles. The Balaban J connectivity index is 1.96. The molecule has 1 unspecified atom stereocenters. The maximum Gasteiger partial charge on any atom is 0.146 e. The molecule has 1 N–H and O–H groups in total. The van der Waals surface area contributed by atoms with Crippen LogP contribution >= 0.6 is 0 Å². The third-order valence-electron chi connectivity index (χ3n) is 3.17. The summed E-state index contributed by atoms with van der Waals surface area (Å²) in [6.45, 7) is 2.80. The highest BCUT2D eigenvalue weighted by Gasteiger charge is 2.11. The fourth-order valence-corrected chi connectivity index (χ4v) is 2.14. The predicted molar refractivity (Wildman–Crippen MR) is 66.1 cm³/mol. The van der Waals surface area contributed by atoms with Crippen molar-refractivity contribution < 1.29 is 4.39 Å². The Morgan fingerprint density at radius 2 is 2.25 bits per heavy atom. The van der Waals surface area contributed by atoms with Crippen molar-refractivity contribution in [2.45, 2.75) is 26.2 Å². The Bertz CT molecular complexity index is 364. The molecule has 16 heavy (non-hydrogen) atoms. The number of benzene rings is 1. The van der Waals surface area contributed by atoms with E-state index in [4.69, 9.17) is 0 Å². The summed E-state index contributed by atoms with van der Waals surface area (Å²) in [5.41, 5.74) is 1.64. The molecule has 1 atom stereocenters. The van der Waals surface area contributed by atoms with Gasteiger partial charge < -0.3 is 5.32 Å². The van der Waals surface area contributed by atoms with Gasteiger partial charge in [-0.1, -0.05) is 24.3 Å². The molecule has 0 saturated heterocycles. The molecule has 0 aromatic heterocycles. The summed E-state index contributed by atoms with van der Waals surface area (Å²) in [6, 6.07) is 5.20. The van der Waals surface area contributed by atoms with E-state index in [-0.39, 0.29) is 5.82 Å². The second-order valence-electron chi connectivity index (χ2n) is 4.46. The van der Waals surface area contributed by atoms with Crippen molar-refractivity contribution in [2.75, 3.05) is 11.9 Å². The fourth-order valence-electron chi connectivity index (χ4n) is 2.14. The Kier molecular flexibility index (Phi) is 3.60. The van der Waals surface area contributed by atoms with Gasteiger partial charge in [0.1, 0.15) is 5.82 Å². The summed E-state index contributed by atoms with van der Waals surface area (Å²) in [5.74, 6) is 0.496. The topological polar surface area (TPSA) is 12.0 Å². The van der Waals surface area contributed by atoms with E-state index in [2.05, 4.69) is 17.5 Å². The summed E-state index contributed by atoms with van der Waals surface area (Å²) < 4.78 is 13.5. The first-order chi connectivity index (χ1) is 7.77. The lowest BCUT2D eigenvalue weighted by Crippen LogP contribution is -2.16. The van der Waals surface area contributed by atoms with Gasteiger partial charge >= 0.3 is 0 Å². The minimum atomic E-state index is -0.147. The molecular weight excluding hydrogens is 201 g/mol. The van der Waals surface area contributed by atoms with Gasteiger partial charge in [-0.3, -0.25) is 0 Å². The molecule has 1 aromatic rings. The lowest BCUT2D eigenvalue weighted by atomic mass is 9.94. The average Bonchev–Trinajstić information content (AvgIpc) is 2.30. The van der Waals surface area contributed by atoms with Crippen LogP contribution in [0.15, 0.2) is 30.4 Å². The maximum atomic E-state index is 13.5. The van der Waals surface area contributed by atoms with Gasteiger partial charge in [-0.15, -0.1) is 0 Å². The van der Waals surface area contributed by atoms with Crippen molar-refractivity contribution in [3.63, 3.8) is 0 Å². The number of aryl methyl sites for hydroxylation is 1. The van der Waals surface area contributed by atoms with Crippen LogP contribution in [0.1, 0.15) is 24.8 Å². The standard InChI is InChI=1S/C14H18FN/c1-11-6-5-9-13(15)14(11)16-10-12-7-3-2-4-8-12/h2-3,5-6,9,12,16H,4,7-8,10H2,1H3. The number of para-hydroxylation sites is 1. The van der Waals surface area contributed by atoms with Crippen molar-refractivity contribution in [3.8, 4) is 0 Å². The third kappa shape index (κ3) is 2.63. The molecule has 0 bridgehead atoms. The largest absolute Gasteiger partial charge is 0.382 e. The van der Waals surface area contributed by atoms with Gasteiger partial charge in [0.25, 0.3) is 0 Å². The van der Waals surface area contributed by atoms with Crippen molar-refractivity contribution >= 4 is 5.69 Å². The zero-order chi connectivity index (χ0) is 11.4. The van der Waals surface area contributed by atoms with Crippen LogP contribution in [0, 0.1) is 18.7 Å². The summed E-state index contributed by atoms with van der Waals surface area (Å²) in [5, 5.41) is 3.24. The summed E-state index contributed by atoms with van der Waals surface area (Å²) in [7, 11) is 0. The van der Waals surface area contributed by atoms with Crippen molar-refractivity contribution in [3.05, 3.63) is 41.7 Å². The zero-order valence-electron chi connectivity index (χ0n) is 9.67. The van der Waals surface area contributed by atoms with Gasteiger partial charge in [0.05, 0.1) is 5.69 Å². The molecule has 1 aromatic carbocycles. The van der Waals surface area contributed by atoms with E-state index in [9.17, 15) is 4.39 Å². The van der Waals surface area contributed by atoms with Crippen molar-refractivity contribution in [1.29, 1.82) is 0 Å². The fraction of sp³-hybridized carbons (Fsp3) is 0.429. The van der Waals surface area contributed by atoms with Crippen LogP contribution in [0.4, 0.5) is 10.1 Å². The minimum absolute atomic E-state index is 0.147. The maximum absolute atomic E-state index is 13.5. The molecule has 2 rings (SSSR count). The van der Waals surface area contributed by atoms with E-state index < -0.39 is 0 Å². The zero-order valence-corrected chi connectivity index (χ0v) is 9.67. The smallest absolute Gasteiger partial charge is 0.146 e. The summed E-state index contributed by atoms with van der Waals surface area (Å²) in [4.78, 5) is 0. The Labute approximate surface area is 96.4 Å². The van der Waals surface area contributed by atoms with Crippen molar-refractivity contribution in [1.82, 2.24) is 0 Å². The monoisotopic (exact) mass is 219 g/mol. The van der Waals surface area contributed by atoms with Gasteiger partial charge in [0.15, 0.2) is 0 Å². The van der Waals surface area contributed by atoms with E-state index in [1.54, 1.807) is 6.07 Å². The van der Waals surface area contributed by atoms with Crippen LogP contribution in [0.3, 0.4) is 0 Å². The molecule has 0 fully saturated rings. The van der Waals surface area contributed by atoms with Crippen LogP contribution in [-0.2, 0) is 0 Å². The third-order valence-corrected chi connectivity index (χ3v) is 3.17. The number of hydrogen-bond donors (Lipinski definition) is 1. The molecule has 86 valence electrons. The number of allylic oxidation sites excluding steroid dienone is 2. The summed E-state index contributed by atoms with van der Waals surface area (Å²) >= 11 is 0. The number of nitrogens with one attached hydrogen (secondary N) is 1. The molecule has 2 heteroatoms. The quantitative estimate of drug-likeness (QED) is 0.760. The molecule has 0 spiro atoms. The number of anilines is 1. The van der Waals surface area contributed by atoms with Gasteiger partial charge in [-0.2, -0.15) is 0 Å². The van der Waals surface area contributed by atoms with Crippen LogP contribution in [0.5, 0.6) is 0 Å². The van der Waals surface area contributed by atoms with E-state index in [1.807, 2.05) is 13.0 Å². The number of rotatable bonds is 3. The molecule has 1 aliphatic rings. The highest BCUT2D eigenvalue weighted by molar-refractivity contribution is 5.51. The SMILES string of the molecule is Cc1cccc(F)c1NCC1CC=CCC1. The molecule has 1 aliphatic carbocycles. The Morgan fingerprint density at radius 3 is 2.94 bits per heavy atom. The second kappa shape index (κ2) is 5.15. The molecule has 0 amide bonds. The van der Waals surface area contributed by atoms with Gasteiger partial charge in [0, 0.05) is 6.54 Å². The van der Waals surface area contributed by atoms with Crippen molar-refractivity contribution in [2.24, 2.45) is 5.92 Å². The van der Waals surface area contributed by atoms with Gasteiger partial charge in [-0.05, 0) is 43.7 Å². The minimum Gasteiger partial charge on any atom is -0.382 e. The van der Waals surface area contributed by atoms with Crippen LogP contribution in [0.2, 0.25) is 0 Å². The normalized spacial score (nSPS) is 19.8. The second-order valence-corrected chi connectivity index (χ2v) is 4.46. The van der Waals surface area contributed by atoms with Gasteiger partial charge in [-0.25, -0.2) is 4.39 Å². The van der Waals surface area contributed by atoms with Crippen LogP contribution in [-0.4, -0.2) is 6.54 Å². The Morgan fingerprint density at radius 1 is 1.38 bits per heavy atom. The lowest BCUT2D eigenvalue weighted by Gasteiger charge is -2.19. The summed E-state index contributed by atoms with van der Waals surface area (Å²) in [6.07, 6.45) is 7.93. The first-order valence-electron chi connectivity index (χ1n) is 5.91. The van der Waals surface area contributed by atoms with Crippen LogP contribution in [0.25, 0.3) is 0 Å². The van der Waals surface area contributed by atoms with E-state index in [0.29, 0.717) is 11.6 Å². The van der Waals surface area contributed by atoms with Crippen LogP contribution < -0.4 is 5.32 Å². The van der Waals surface area contributed by atoms with E-state index in [0.717, 1.165) is 24.9 Å².